The molecule has 0 saturated heterocycles. The summed E-state index contributed by atoms with van der Waals surface area (Å²) in [6.07, 6.45) is 111. The van der Waals surface area contributed by atoms with E-state index in [1.54, 1.807) is 6.08 Å². The van der Waals surface area contributed by atoms with Gasteiger partial charge in [-0.3, -0.25) is 4.79 Å². The third-order valence-electron chi connectivity index (χ3n) is 14.2. The van der Waals surface area contributed by atoms with E-state index in [1.807, 2.05) is 6.08 Å². The van der Waals surface area contributed by atoms with Gasteiger partial charge in [-0.05, 0) is 128 Å². The maximum atomic E-state index is 12.5. The number of aliphatic hydroxyl groups excluding tert-OH is 2. The Labute approximate surface area is 496 Å². The molecule has 0 bridgehead atoms. The normalized spacial score (nSPS) is 13.9. The molecular weight excluding hydrogens is 975 g/mol. The summed E-state index contributed by atoms with van der Waals surface area (Å²) in [5.41, 5.74) is 0. The maximum Gasteiger partial charge on any atom is 0.220 e. The molecule has 0 aromatic carbocycles. The van der Waals surface area contributed by atoms with Crippen molar-refractivity contribution in [2.45, 2.75) is 296 Å². The second-order valence-corrected chi connectivity index (χ2v) is 21.8. The van der Waals surface area contributed by atoms with Crippen LogP contribution in [-0.4, -0.2) is 34.9 Å². The van der Waals surface area contributed by atoms with Crippen LogP contribution >= 0.6 is 0 Å². The molecule has 4 heteroatoms. The second-order valence-electron chi connectivity index (χ2n) is 21.8. The van der Waals surface area contributed by atoms with Crippen LogP contribution < -0.4 is 5.32 Å². The lowest BCUT2D eigenvalue weighted by molar-refractivity contribution is -0.123. The standard InChI is InChI=1S/C76H125NO3/c1-3-5-7-9-11-13-15-17-19-21-23-25-27-29-31-33-35-36-37-38-39-40-42-44-46-48-50-52-54-56-58-60-62-64-66-68-70-72-76(80)77-74(73-78)75(79)71-69-67-65-63-61-59-57-55-53-51-49-47-45-43-41-34-32-30-28-26-24-22-20-18-16-14-12-10-8-6-4-2/h5,7,11,13,17,19,23,25,29,31,35-36,38-39,42,44,48,50,53-56,60-63,69,71,74-75,78-79H,3-4,6,8-10,12,14-16,18,20-22,24,26-28,30,32-34,37,40-41,43,45-47,49,51-52,57-59,64-68,70,72-73H2,1-2H3,(H,77,80)/b7-5-,13-11-,19-17-,25-23-,31-29-,36-35-,39-38-,44-42-,50-48-,55-53+,56-54-,62-60-,63-61+,71-69+. The summed E-state index contributed by atoms with van der Waals surface area (Å²) in [5.74, 6) is -0.115. The van der Waals surface area contributed by atoms with Gasteiger partial charge in [0.2, 0.25) is 5.91 Å². The quantitative estimate of drug-likeness (QED) is 0.0420. The molecule has 0 heterocycles. The summed E-state index contributed by atoms with van der Waals surface area (Å²) in [6.45, 7) is 4.17. The van der Waals surface area contributed by atoms with Crippen LogP contribution in [0, 0.1) is 0 Å². The number of allylic oxidation sites excluding steroid dienone is 27. The lowest BCUT2D eigenvalue weighted by Gasteiger charge is -2.19. The molecule has 1 amide bonds. The molecule has 80 heavy (non-hydrogen) atoms. The van der Waals surface area contributed by atoms with Crippen molar-refractivity contribution < 1.29 is 15.0 Å². The minimum absolute atomic E-state index is 0.115. The van der Waals surface area contributed by atoms with E-state index in [4.69, 9.17) is 0 Å². The zero-order chi connectivity index (χ0) is 57.6. The van der Waals surface area contributed by atoms with Crippen molar-refractivity contribution in [3.8, 4) is 0 Å². The van der Waals surface area contributed by atoms with E-state index in [2.05, 4.69) is 177 Å². The van der Waals surface area contributed by atoms with Crippen molar-refractivity contribution in [2.24, 2.45) is 0 Å². The zero-order valence-electron chi connectivity index (χ0n) is 52.0. The van der Waals surface area contributed by atoms with Gasteiger partial charge in [-0.1, -0.05) is 319 Å². The van der Waals surface area contributed by atoms with Gasteiger partial charge in [0, 0.05) is 6.42 Å². The van der Waals surface area contributed by atoms with Crippen molar-refractivity contribution >= 4 is 5.91 Å². The Morgan fingerprint density at radius 3 is 0.875 bits per heavy atom. The number of carbonyl (C=O) groups is 1. The Bertz CT molecular complexity index is 1720. The highest BCUT2D eigenvalue weighted by Crippen LogP contribution is 2.16. The first-order valence-electron chi connectivity index (χ1n) is 33.3. The highest BCUT2D eigenvalue weighted by atomic mass is 16.3. The average Bonchev–Trinajstić information content (AvgIpc) is 3.46. The molecule has 3 N–H and O–H groups in total. The van der Waals surface area contributed by atoms with Gasteiger partial charge in [0.25, 0.3) is 0 Å². The third-order valence-corrected chi connectivity index (χ3v) is 14.2. The summed E-state index contributed by atoms with van der Waals surface area (Å²) >= 11 is 0. The third kappa shape index (κ3) is 64.6. The Kier molecular flexibility index (Phi) is 65.4. The van der Waals surface area contributed by atoms with Crippen molar-refractivity contribution in [2.75, 3.05) is 6.61 Å². The summed E-state index contributed by atoms with van der Waals surface area (Å²) < 4.78 is 0. The molecule has 0 aliphatic rings. The average molecular weight is 1100 g/mol. The Morgan fingerprint density at radius 2 is 0.562 bits per heavy atom. The smallest absolute Gasteiger partial charge is 0.220 e. The zero-order valence-corrected chi connectivity index (χ0v) is 52.0. The lowest BCUT2D eigenvalue weighted by Crippen LogP contribution is -2.45. The summed E-state index contributed by atoms with van der Waals surface area (Å²) in [6, 6.07) is -0.679. The molecule has 0 aromatic heterocycles. The lowest BCUT2D eigenvalue weighted by atomic mass is 10.0. The van der Waals surface area contributed by atoms with Crippen LogP contribution in [0.15, 0.2) is 170 Å². The molecular formula is C76H125NO3. The first kappa shape index (κ1) is 75.8. The number of amides is 1. The largest absolute Gasteiger partial charge is 0.394 e. The molecule has 452 valence electrons. The molecule has 0 aromatic rings. The van der Waals surface area contributed by atoms with Crippen LogP contribution in [0.3, 0.4) is 0 Å². The van der Waals surface area contributed by atoms with Gasteiger partial charge in [0.1, 0.15) is 0 Å². The molecule has 4 nitrogen and oxygen atoms in total. The number of carbonyl (C=O) groups excluding carboxylic acids is 1. The van der Waals surface area contributed by atoms with Crippen LogP contribution in [-0.2, 0) is 4.79 Å². The van der Waals surface area contributed by atoms with Crippen molar-refractivity contribution in [1.29, 1.82) is 0 Å². The Balaban J connectivity index is 3.70. The van der Waals surface area contributed by atoms with E-state index in [0.717, 1.165) is 122 Å². The maximum absolute atomic E-state index is 12.5. The molecule has 2 atom stereocenters. The van der Waals surface area contributed by atoms with Crippen LogP contribution in [0.4, 0.5) is 0 Å². The molecule has 0 aliphatic heterocycles. The summed E-state index contributed by atoms with van der Waals surface area (Å²) in [4.78, 5) is 12.5. The van der Waals surface area contributed by atoms with Crippen LogP contribution in [0.2, 0.25) is 0 Å². The molecule has 0 aliphatic carbocycles. The number of hydrogen-bond donors (Lipinski definition) is 3. The molecule has 2 unspecified atom stereocenters. The molecule has 0 saturated carbocycles. The van der Waals surface area contributed by atoms with E-state index in [1.165, 1.54) is 141 Å². The minimum atomic E-state index is -0.900. The Morgan fingerprint density at radius 1 is 0.312 bits per heavy atom. The fourth-order valence-corrected chi connectivity index (χ4v) is 9.16. The van der Waals surface area contributed by atoms with E-state index in [-0.39, 0.29) is 12.5 Å². The van der Waals surface area contributed by atoms with E-state index < -0.39 is 12.1 Å². The van der Waals surface area contributed by atoms with Gasteiger partial charge >= 0.3 is 0 Å². The fraction of sp³-hybridized carbons (Fsp3) is 0.618. The molecule has 0 rings (SSSR count). The number of nitrogens with one attached hydrogen (secondary N) is 1. The predicted molar refractivity (Wildman–Crippen MR) is 358 cm³/mol. The number of aliphatic hydroxyl groups is 2. The molecule has 0 radical (unpaired) electrons. The number of rotatable bonds is 59. The SMILES string of the molecule is CC/C=C\C/C=C\C/C=C\C/C=C\C/C=C\C/C=C\C/C=C\C/C=C\C/C=C\C/C=C\C/C=C\CCCCCC(=O)NC(CO)C(O)/C=C/CC/C=C/CC/C=C/CCCCCCCCCCCCCCCCCCCCCCC. The number of unbranched alkanes of at least 4 members (excludes halogenated alkanes) is 26. The molecule has 0 spiro atoms. The van der Waals surface area contributed by atoms with Crippen LogP contribution in [0.1, 0.15) is 284 Å². The van der Waals surface area contributed by atoms with Crippen molar-refractivity contribution in [3.63, 3.8) is 0 Å². The highest BCUT2D eigenvalue weighted by molar-refractivity contribution is 5.76. The van der Waals surface area contributed by atoms with Gasteiger partial charge in [0.05, 0.1) is 18.8 Å². The van der Waals surface area contributed by atoms with Crippen molar-refractivity contribution in [3.05, 3.63) is 170 Å². The summed E-state index contributed by atoms with van der Waals surface area (Å²) in [5, 5.41) is 23.2. The second kappa shape index (κ2) is 69.0. The monoisotopic (exact) mass is 1100 g/mol. The molecule has 0 fully saturated rings. The first-order valence-corrected chi connectivity index (χ1v) is 33.3. The number of hydrogen-bond acceptors (Lipinski definition) is 3. The van der Waals surface area contributed by atoms with Crippen LogP contribution in [0.5, 0.6) is 0 Å². The van der Waals surface area contributed by atoms with E-state index in [0.29, 0.717) is 6.42 Å². The minimum Gasteiger partial charge on any atom is -0.394 e. The first-order chi connectivity index (χ1) is 39.7. The van der Waals surface area contributed by atoms with E-state index >= 15 is 0 Å². The fourth-order valence-electron chi connectivity index (χ4n) is 9.16. The highest BCUT2D eigenvalue weighted by Gasteiger charge is 2.18. The van der Waals surface area contributed by atoms with Crippen LogP contribution in [0.25, 0.3) is 0 Å². The van der Waals surface area contributed by atoms with Gasteiger partial charge in [-0.2, -0.15) is 0 Å². The van der Waals surface area contributed by atoms with Gasteiger partial charge < -0.3 is 15.5 Å². The topological polar surface area (TPSA) is 69.6 Å². The van der Waals surface area contributed by atoms with Crippen molar-refractivity contribution in [1.82, 2.24) is 5.32 Å². The summed E-state index contributed by atoms with van der Waals surface area (Å²) in [7, 11) is 0. The van der Waals surface area contributed by atoms with E-state index in [9.17, 15) is 15.0 Å². The Hall–Kier alpha value is -4.25. The predicted octanol–water partition coefficient (Wildman–Crippen LogP) is 23.0. The van der Waals surface area contributed by atoms with Gasteiger partial charge in [0.15, 0.2) is 0 Å². The van der Waals surface area contributed by atoms with Gasteiger partial charge in [-0.15, -0.1) is 0 Å². The van der Waals surface area contributed by atoms with Gasteiger partial charge in [-0.25, -0.2) is 0 Å².